The van der Waals surface area contributed by atoms with Crippen LogP contribution in [0.15, 0.2) is 24.3 Å². The molecule has 1 rings (SSSR count). The highest BCUT2D eigenvalue weighted by Crippen LogP contribution is 2.12. The van der Waals surface area contributed by atoms with Crippen molar-refractivity contribution in [3.05, 3.63) is 29.8 Å². The molecule has 1 unspecified atom stereocenters. The number of nitrogens with one attached hydrogen (secondary N) is 1. The van der Waals surface area contributed by atoms with E-state index in [1.54, 1.807) is 31.2 Å². The van der Waals surface area contributed by atoms with Crippen molar-refractivity contribution in [1.82, 2.24) is 5.06 Å². The summed E-state index contributed by atoms with van der Waals surface area (Å²) in [4.78, 5) is 16.4. The maximum Gasteiger partial charge on any atom is 0.345 e. The maximum atomic E-state index is 11.6. The van der Waals surface area contributed by atoms with Gasteiger partial charge in [-0.2, -0.15) is 0 Å². The molecule has 1 aromatic rings. The van der Waals surface area contributed by atoms with Crippen molar-refractivity contribution in [2.24, 2.45) is 0 Å². The van der Waals surface area contributed by atoms with Crippen LogP contribution >= 0.6 is 0 Å². The van der Waals surface area contributed by atoms with Gasteiger partial charge >= 0.3 is 6.03 Å². The van der Waals surface area contributed by atoms with Crippen LogP contribution in [0.3, 0.4) is 0 Å². The zero-order valence-electron chi connectivity index (χ0n) is 12.9. The first-order valence-corrected chi connectivity index (χ1v) is 6.82. The molecule has 0 radical (unpaired) electrons. The smallest absolute Gasteiger partial charge is 0.345 e. The molecule has 0 heterocycles. The third-order valence-electron chi connectivity index (χ3n) is 2.91. The van der Waals surface area contributed by atoms with Crippen LogP contribution in [0.2, 0.25) is 0 Å². The predicted octanol–water partition coefficient (Wildman–Crippen LogP) is 2.61. The zero-order valence-corrected chi connectivity index (χ0v) is 12.9. The number of urea groups is 1. The van der Waals surface area contributed by atoms with Gasteiger partial charge in [-0.05, 0) is 37.6 Å². The van der Waals surface area contributed by atoms with E-state index in [0.717, 1.165) is 17.0 Å². The van der Waals surface area contributed by atoms with Crippen LogP contribution < -0.4 is 5.32 Å². The Morgan fingerprint density at radius 1 is 1.43 bits per heavy atom. The minimum absolute atomic E-state index is 0.359. The number of hydrogen-bond acceptors (Lipinski definition) is 3. The summed E-state index contributed by atoms with van der Waals surface area (Å²) in [5, 5.41) is 13.8. The summed E-state index contributed by atoms with van der Waals surface area (Å²) in [6.45, 7) is 3.71. The molecular weight excluding hydrogens is 268 g/mol. The lowest BCUT2D eigenvalue weighted by atomic mass is 10.0. The second-order valence-corrected chi connectivity index (χ2v) is 4.96. The molecule has 5 nitrogen and oxygen atoms in total. The van der Waals surface area contributed by atoms with Gasteiger partial charge in [-0.25, -0.2) is 9.86 Å². The number of hydroxylamine groups is 2. The molecule has 21 heavy (non-hydrogen) atoms. The summed E-state index contributed by atoms with van der Waals surface area (Å²) in [5.74, 6) is 5.79. The summed E-state index contributed by atoms with van der Waals surface area (Å²) in [6.07, 6.45) is 1.51. The fourth-order valence-electron chi connectivity index (χ4n) is 1.68. The van der Waals surface area contributed by atoms with Crippen LogP contribution in [0.4, 0.5) is 10.5 Å². The molecule has 5 heteroatoms. The lowest BCUT2D eigenvalue weighted by Gasteiger charge is -2.15. The van der Waals surface area contributed by atoms with Crippen molar-refractivity contribution in [1.29, 1.82) is 0 Å². The summed E-state index contributed by atoms with van der Waals surface area (Å²) < 4.78 is 0. The van der Waals surface area contributed by atoms with Gasteiger partial charge in [0.25, 0.3) is 0 Å². The van der Waals surface area contributed by atoms with E-state index < -0.39 is 5.60 Å². The Morgan fingerprint density at radius 3 is 2.57 bits per heavy atom. The number of anilines is 1. The van der Waals surface area contributed by atoms with E-state index in [-0.39, 0.29) is 6.03 Å². The predicted molar refractivity (Wildman–Crippen MR) is 82.6 cm³/mol. The lowest BCUT2D eigenvalue weighted by molar-refractivity contribution is -0.0598. The van der Waals surface area contributed by atoms with Crippen LogP contribution in [0, 0.1) is 11.8 Å². The van der Waals surface area contributed by atoms with E-state index in [2.05, 4.69) is 17.2 Å². The average Bonchev–Trinajstić information content (AvgIpc) is 2.45. The summed E-state index contributed by atoms with van der Waals surface area (Å²) in [7, 11) is 2.94. The van der Waals surface area contributed by atoms with Crippen molar-refractivity contribution in [2.75, 3.05) is 19.5 Å². The number of carbonyl (C=O) groups is 1. The first-order chi connectivity index (χ1) is 9.88. The highest BCUT2D eigenvalue weighted by molar-refractivity contribution is 5.88. The second kappa shape index (κ2) is 7.67. The minimum Gasteiger partial charge on any atom is -0.378 e. The normalized spacial score (nSPS) is 12.8. The largest absolute Gasteiger partial charge is 0.378 e. The number of rotatable bonds is 4. The first kappa shape index (κ1) is 17.0. The van der Waals surface area contributed by atoms with Gasteiger partial charge in [0.05, 0.1) is 7.11 Å². The molecule has 114 valence electrons. The van der Waals surface area contributed by atoms with Gasteiger partial charge in [-0.15, -0.1) is 0 Å². The molecule has 0 saturated carbocycles. The Kier molecular flexibility index (Phi) is 6.22. The Labute approximate surface area is 125 Å². The highest BCUT2D eigenvalue weighted by atomic mass is 16.7. The molecule has 0 aliphatic rings. The van der Waals surface area contributed by atoms with E-state index in [9.17, 15) is 9.90 Å². The van der Waals surface area contributed by atoms with Crippen molar-refractivity contribution in [2.45, 2.75) is 32.3 Å². The molecule has 0 saturated heterocycles. The molecule has 0 aliphatic carbocycles. The van der Waals surface area contributed by atoms with E-state index in [1.807, 2.05) is 6.92 Å². The fourth-order valence-corrected chi connectivity index (χ4v) is 1.68. The quantitative estimate of drug-likeness (QED) is 0.662. The van der Waals surface area contributed by atoms with Crippen molar-refractivity contribution < 1.29 is 14.7 Å². The van der Waals surface area contributed by atoms with E-state index >= 15 is 0 Å². The van der Waals surface area contributed by atoms with Gasteiger partial charge in [-0.1, -0.05) is 25.2 Å². The Morgan fingerprint density at radius 2 is 2.05 bits per heavy atom. The highest BCUT2D eigenvalue weighted by Gasteiger charge is 2.14. The van der Waals surface area contributed by atoms with Gasteiger partial charge in [-0.3, -0.25) is 4.84 Å². The molecule has 1 aromatic carbocycles. The fraction of sp³-hybridized carbons (Fsp3) is 0.438. The number of amides is 2. The molecule has 0 aliphatic heterocycles. The van der Waals surface area contributed by atoms with E-state index in [0.29, 0.717) is 12.1 Å². The summed E-state index contributed by atoms with van der Waals surface area (Å²) >= 11 is 0. The van der Waals surface area contributed by atoms with Gasteiger partial charge in [0, 0.05) is 18.3 Å². The number of carbonyl (C=O) groups excluding carboxylic acids is 1. The van der Waals surface area contributed by atoms with Crippen LogP contribution in [0.25, 0.3) is 0 Å². The molecule has 1 atom stereocenters. The second-order valence-electron chi connectivity index (χ2n) is 4.96. The topological polar surface area (TPSA) is 61.8 Å². The van der Waals surface area contributed by atoms with Crippen LogP contribution in [-0.4, -0.2) is 36.0 Å². The third kappa shape index (κ3) is 5.86. The standard InChI is InChI=1S/C16H22N2O3/c1-5-11-16(2,20)12-10-13-6-8-14(9-7-13)17-15(19)18(3)21-4/h6-9,20H,5,11H2,1-4H3,(H,17,19). The Bertz CT molecular complexity index is 527. The van der Waals surface area contributed by atoms with Gasteiger partial charge in [0.15, 0.2) is 0 Å². The van der Waals surface area contributed by atoms with Crippen LogP contribution in [0.1, 0.15) is 32.3 Å². The molecule has 0 bridgehead atoms. The van der Waals surface area contributed by atoms with Crippen molar-refractivity contribution in [3.8, 4) is 11.8 Å². The summed E-state index contributed by atoms with van der Waals surface area (Å²) in [6, 6.07) is 6.72. The zero-order chi connectivity index (χ0) is 15.9. The number of benzene rings is 1. The number of nitrogens with zero attached hydrogens (tertiary/aromatic N) is 1. The van der Waals surface area contributed by atoms with Crippen molar-refractivity contribution in [3.63, 3.8) is 0 Å². The number of aliphatic hydroxyl groups is 1. The minimum atomic E-state index is -0.969. The SMILES string of the molecule is CCCC(C)(O)C#Cc1ccc(NC(=O)N(C)OC)cc1. The van der Waals surface area contributed by atoms with Crippen molar-refractivity contribution >= 4 is 11.7 Å². The molecule has 0 spiro atoms. The number of hydrogen-bond donors (Lipinski definition) is 2. The first-order valence-electron chi connectivity index (χ1n) is 6.82. The molecule has 0 fully saturated rings. The Balaban J connectivity index is 2.71. The molecule has 2 amide bonds. The molecular formula is C16H22N2O3. The van der Waals surface area contributed by atoms with Gasteiger partial charge in [0.2, 0.25) is 0 Å². The monoisotopic (exact) mass is 290 g/mol. The summed E-state index contributed by atoms with van der Waals surface area (Å²) in [5.41, 5.74) is 0.460. The van der Waals surface area contributed by atoms with E-state index in [1.165, 1.54) is 14.2 Å². The van der Waals surface area contributed by atoms with Crippen LogP contribution in [-0.2, 0) is 4.84 Å². The third-order valence-corrected chi connectivity index (χ3v) is 2.91. The molecule has 2 N–H and O–H groups in total. The van der Waals surface area contributed by atoms with Gasteiger partial charge < -0.3 is 10.4 Å². The average molecular weight is 290 g/mol. The lowest BCUT2D eigenvalue weighted by Crippen LogP contribution is -2.30. The van der Waals surface area contributed by atoms with Gasteiger partial charge in [0.1, 0.15) is 5.60 Å². The van der Waals surface area contributed by atoms with Crippen LogP contribution in [0.5, 0.6) is 0 Å². The maximum absolute atomic E-state index is 11.6. The molecule has 0 aromatic heterocycles. The Hall–Kier alpha value is -2.03. The van der Waals surface area contributed by atoms with E-state index in [4.69, 9.17) is 4.84 Å².